The summed E-state index contributed by atoms with van der Waals surface area (Å²) in [6.07, 6.45) is -0.924. The van der Waals surface area contributed by atoms with Crippen molar-refractivity contribution in [2.24, 2.45) is 50.3 Å². The SMILES string of the molecule is CC(C)C[C@H](N)C(=O)N[C@@H](Cc1ccc(O)cc1)C(=O)N[C@@H](CCCN=C(N)N)C(=O)N[C@@H](C)C(=O)NCC(=O)N[C@@H](C)C(=O)NCC(=O)NCC(=O)N1CCC[C@H]1C(=O)N[C@@H](CS)C(=O)N[C@@H](CCCN=C(N)N)C(=O)N[C@@H](C)C(=O)N[C@@H](CCC(=O)O)C(=O)N[C@@H](Cc1ccc(O)cc1)C(=O)N[C@@H](CO)C(N)=O. The number of carbonyl (C=O) groups is 16. The molecule has 1 heterocycles. The van der Waals surface area contributed by atoms with Gasteiger partial charge in [0.1, 0.15) is 78.0 Å². The molecule has 43 heteroatoms. The number of aliphatic hydroxyl groups is 1. The van der Waals surface area contributed by atoms with Gasteiger partial charge in [0.15, 0.2) is 11.9 Å². The van der Waals surface area contributed by atoms with Crippen LogP contribution in [0.2, 0.25) is 0 Å². The van der Waals surface area contributed by atoms with Gasteiger partial charge in [-0.3, -0.25) is 86.7 Å². The van der Waals surface area contributed by atoms with Gasteiger partial charge in [-0.25, -0.2) is 0 Å². The van der Waals surface area contributed by atoms with Gasteiger partial charge in [0.2, 0.25) is 88.6 Å². The number of nitrogens with one attached hydrogen (secondary N) is 13. The van der Waals surface area contributed by atoms with E-state index in [1.54, 1.807) is 12.1 Å². The van der Waals surface area contributed by atoms with Gasteiger partial charge < -0.3 is 129 Å². The summed E-state index contributed by atoms with van der Waals surface area (Å²) < 4.78 is 0. The number of primary amides is 1. The monoisotopic (exact) mass is 1570 g/mol. The van der Waals surface area contributed by atoms with Crippen molar-refractivity contribution in [3.8, 4) is 11.5 Å². The number of carboxylic acid groups (broad SMARTS) is 1. The average molecular weight is 1570 g/mol. The number of guanidine groups is 2. The van der Waals surface area contributed by atoms with Crippen molar-refractivity contribution in [1.82, 2.24) is 74.0 Å². The molecule has 0 radical (unpaired) electrons. The molecule has 1 saturated heterocycles. The highest BCUT2D eigenvalue weighted by Crippen LogP contribution is 2.19. The quantitative estimate of drug-likeness (QED) is 0.0127. The van der Waals surface area contributed by atoms with Gasteiger partial charge in [0, 0.05) is 44.6 Å². The number of hydrogen-bond acceptors (Lipinski definition) is 23. The van der Waals surface area contributed by atoms with Crippen molar-refractivity contribution in [2.75, 3.05) is 51.6 Å². The number of benzene rings is 2. The van der Waals surface area contributed by atoms with Crippen LogP contribution in [0.4, 0.5) is 0 Å². The molecule has 0 aromatic heterocycles. The Hall–Kier alpha value is -11.6. The summed E-state index contributed by atoms with van der Waals surface area (Å²) in [5, 5.41) is 70.1. The normalized spacial score (nSPS) is 15.3. The number of aromatic hydroxyl groups is 2. The van der Waals surface area contributed by atoms with Crippen LogP contribution < -0.4 is 104 Å². The van der Waals surface area contributed by atoms with E-state index in [4.69, 9.17) is 34.4 Å². The number of hydrogen-bond donors (Lipinski definition) is 24. The molecule has 608 valence electrons. The van der Waals surface area contributed by atoms with E-state index in [-0.39, 0.29) is 99.7 Å². The molecule has 110 heavy (non-hydrogen) atoms. The minimum atomic E-state index is -1.69. The number of likely N-dealkylation sites (tertiary alicyclic amines) is 1. The fourth-order valence-electron chi connectivity index (χ4n) is 10.6. The number of phenols is 2. The lowest BCUT2D eigenvalue weighted by Crippen LogP contribution is -2.60. The molecule has 1 aliphatic heterocycles. The second-order valence-electron chi connectivity index (χ2n) is 26.2. The Balaban J connectivity index is 1.59. The Morgan fingerprint density at radius 2 is 0.900 bits per heavy atom. The number of amides is 15. The minimum absolute atomic E-state index is 0.0381. The third kappa shape index (κ3) is 34.1. The van der Waals surface area contributed by atoms with Crippen molar-refractivity contribution in [3.63, 3.8) is 0 Å². The summed E-state index contributed by atoms with van der Waals surface area (Å²) >= 11 is 4.23. The number of aliphatic imine (C=N–C) groups is 2. The molecule has 1 aliphatic rings. The number of thiol groups is 1. The van der Waals surface area contributed by atoms with Crippen LogP contribution >= 0.6 is 12.6 Å². The highest BCUT2D eigenvalue weighted by molar-refractivity contribution is 7.80. The average Bonchev–Trinajstić information content (AvgIpc) is 1.01. The molecule has 29 N–H and O–H groups in total. The van der Waals surface area contributed by atoms with E-state index in [1.807, 2.05) is 13.8 Å². The Labute approximate surface area is 638 Å². The molecule has 2 aromatic carbocycles. The molecule has 0 aliphatic carbocycles. The zero-order valence-electron chi connectivity index (χ0n) is 61.6. The van der Waals surface area contributed by atoms with Gasteiger partial charge >= 0.3 is 5.97 Å². The van der Waals surface area contributed by atoms with Crippen molar-refractivity contribution in [1.29, 1.82) is 0 Å². The fourth-order valence-corrected chi connectivity index (χ4v) is 10.9. The summed E-state index contributed by atoms with van der Waals surface area (Å²) in [4.78, 5) is 221. The molecule has 15 amide bonds. The highest BCUT2D eigenvalue weighted by atomic mass is 32.1. The molecule has 0 unspecified atom stereocenters. The first-order chi connectivity index (χ1) is 51.8. The van der Waals surface area contributed by atoms with Crippen molar-refractivity contribution in [2.45, 2.75) is 178 Å². The minimum Gasteiger partial charge on any atom is -0.508 e. The van der Waals surface area contributed by atoms with Crippen LogP contribution in [-0.4, -0.2) is 256 Å². The Kier molecular flexibility index (Phi) is 39.8. The molecule has 1 fully saturated rings. The van der Waals surface area contributed by atoms with E-state index in [2.05, 4.69) is 91.7 Å². The Bertz CT molecular complexity index is 3600. The predicted molar refractivity (Wildman–Crippen MR) is 398 cm³/mol. The van der Waals surface area contributed by atoms with Crippen LogP contribution in [0.3, 0.4) is 0 Å². The third-order valence-electron chi connectivity index (χ3n) is 16.6. The second kappa shape index (κ2) is 47.2. The zero-order valence-corrected chi connectivity index (χ0v) is 62.5. The number of rotatable bonds is 47. The Morgan fingerprint density at radius 3 is 1.35 bits per heavy atom. The molecule has 12 atom stereocenters. The molecule has 0 saturated carbocycles. The van der Waals surface area contributed by atoms with Crippen molar-refractivity contribution in [3.05, 3.63) is 59.7 Å². The van der Waals surface area contributed by atoms with Crippen LogP contribution in [0.15, 0.2) is 58.5 Å². The highest BCUT2D eigenvalue weighted by Gasteiger charge is 2.38. The van der Waals surface area contributed by atoms with Crippen molar-refractivity contribution < 1.29 is 97.1 Å². The maximum Gasteiger partial charge on any atom is 0.303 e. The van der Waals surface area contributed by atoms with E-state index in [9.17, 15) is 97.1 Å². The van der Waals surface area contributed by atoms with E-state index < -0.39 is 206 Å². The summed E-state index contributed by atoms with van der Waals surface area (Å²) in [6, 6.07) is -5.39. The van der Waals surface area contributed by atoms with Crippen LogP contribution in [-0.2, 0) is 89.6 Å². The smallest absolute Gasteiger partial charge is 0.303 e. The third-order valence-corrected chi connectivity index (χ3v) is 17.0. The van der Waals surface area contributed by atoms with E-state index in [1.165, 1.54) is 57.2 Å². The van der Waals surface area contributed by atoms with Crippen LogP contribution in [0, 0.1) is 5.92 Å². The van der Waals surface area contributed by atoms with E-state index in [0.29, 0.717) is 24.0 Å². The van der Waals surface area contributed by atoms with Crippen LogP contribution in [0.1, 0.15) is 104 Å². The fraction of sp³-hybridized carbons (Fsp3) is 0.552. The lowest BCUT2D eigenvalue weighted by atomic mass is 10.0. The van der Waals surface area contributed by atoms with Gasteiger partial charge in [-0.2, -0.15) is 12.6 Å². The maximum atomic E-state index is 14.0. The number of carboxylic acids is 1. The van der Waals surface area contributed by atoms with E-state index in [0.717, 1.165) is 4.90 Å². The number of carbonyl (C=O) groups excluding carboxylic acids is 15. The zero-order chi connectivity index (χ0) is 82.5. The molecule has 0 bridgehead atoms. The molecule has 42 nitrogen and oxygen atoms in total. The van der Waals surface area contributed by atoms with E-state index >= 15 is 0 Å². The van der Waals surface area contributed by atoms with Crippen LogP contribution in [0.5, 0.6) is 11.5 Å². The van der Waals surface area contributed by atoms with Gasteiger partial charge in [0.05, 0.1) is 32.3 Å². The van der Waals surface area contributed by atoms with Gasteiger partial charge in [-0.05, 0) is 113 Å². The second-order valence-corrected chi connectivity index (χ2v) is 26.6. The van der Waals surface area contributed by atoms with Gasteiger partial charge in [-0.1, -0.05) is 38.1 Å². The lowest BCUT2D eigenvalue weighted by Gasteiger charge is -2.27. The number of aliphatic hydroxyl groups excluding tert-OH is 1. The molecular weight excluding hydrogens is 1460 g/mol. The summed E-state index contributed by atoms with van der Waals surface area (Å²) in [7, 11) is 0. The molecule has 0 spiro atoms. The Morgan fingerprint density at radius 1 is 0.491 bits per heavy atom. The molecule has 2 aromatic rings. The topological polar surface area (TPSA) is 695 Å². The maximum absolute atomic E-state index is 14.0. The lowest BCUT2D eigenvalue weighted by molar-refractivity contribution is -0.140. The largest absolute Gasteiger partial charge is 0.508 e. The summed E-state index contributed by atoms with van der Waals surface area (Å²) in [5.41, 5.74) is 34.2. The van der Waals surface area contributed by atoms with Crippen LogP contribution in [0.25, 0.3) is 0 Å². The number of nitrogens with zero attached hydrogens (tertiary/aromatic N) is 3. The molecular formula is C67H104N22O20S. The number of aliphatic carboxylic acids is 1. The first-order valence-electron chi connectivity index (χ1n) is 35.1. The van der Waals surface area contributed by atoms with Gasteiger partial charge in [0.25, 0.3) is 0 Å². The first-order valence-corrected chi connectivity index (χ1v) is 35.8. The summed E-state index contributed by atoms with van der Waals surface area (Å²) in [5.74, 6) is -15.9. The number of phenolic OH excluding ortho intramolecular Hbond substituents is 2. The number of nitrogens with two attached hydrogens (primary N) is 6. The van der Waals surface area contributed by atoms with Crippen molar-refractivity contribution >= 4 is 119 Å². The predicted octanol–water partition coefficient (Wildman–Crippen LogP) is -9.12. The first kappa shape index (κ1) is 92.6. The summed E-state index contributed by atoms with van der Waals surface area (Å²) in [6.45, 7) is 4.53. The standard InChI is InChI=1S/C67H104N22O20S/c1-33(2)25-41(68)58(102)85-45(26-37-12-16-39(91)17-13-37)62(106)83-42(9-6-22-74-66(70)71)59(103)80-35(4)56(100)78-29-51(94)79-34(3)55(99)77-28-50(93)76-30-52(95)89-24-8-11-49(89)65(109)88-48(32-110)64(108)84-43(10-7-23-75-67(72)73)60(104)81-36(5)57(101)82-44(20-21-53(96)97)61(105)86-46(27-38-14-18-40(92)19-15-38)63(107)87-47(31-90)54(69)98/h12-19,33-36,41-49,90-92,110H,6-11,20-32,68H2,1-5H3,(H2,69,98)(H,76,93)(H,77,99)(H,78,100)(H,79,94)(H,80,103)(H,81,104)(H,82,101)(H,83,106)(H,84,108)(H,85,102)(H,86,105)(H,87,107)(H,88,109)(H,96,97)(H4,70,71,74)(H4,72,73,75)/t34-,35-,36-,41-,42-,43-,44-,45-,46-,47-,48-,49-/m0/s1. The van der Waals surface area contributed by atoms with Gasteiger partial charge in [-0.15, -0.1) is 0 Å². The molecule has 3 rings (SSSR count).